The normalized spacial score (nSPS) is 11.8. The number of alkyl halides is 7. The molecule has 4 aromatic carbocycles. The second-order valence-electron chi connectivity index (χ2n) is 19.4. The highest BCUT2D eigenvalue weighted by Crippen LogP contribution is 2.25. The Morgan fingerprint density at radius 2 is 0.851 bits per heavy atom. The third kappa shape index (κ3) is 37.8. The van der Waals surface area contributed by atoms with E-state index in [9.17, 15) is 79.9 Å². The van der Waals surface area contributed by atoms with Crippen LogP contribution in [0, 0.1) is 40.5 Å². The zero-order valence-electron chi connectivity index (χ0n) is 54.3. The van der Waals surface area contributed by atoms with Gasteiger partial charge in [-0.3, -0.25) is 28.8 Å². The predicted molar refractivity (Wildman–Crippen MR) is 330 cm³/mol. The number of aryl methyl sites for hydroxylation is 3. The van der Waals surface area contributed by atoms with Gasteiger partial charge < -0.3 is 51.5 Å². The van der Waals surface area contributed by atoms with E-state index in [2.05, 4.69) is 35.0 Å². The molecule has 0 radical (unpaired) electrons. The summed E-state index contributed by atoms with van der Waals surface area (Å²) in [5, 5.41) is 49.3. The molecular formula is C64H99F7N6O10. The Bertz CT molecular complexity index is 2560. The second kappa shape index (κ2) is 45.1. The molecule has 23 heteroatoms. The molecule has 6 amide bonds. The number of aliphatic hydroxyl groups is 2. The van der Waals surface area contributed by atoms with Crippen LogP contribution in [-0.4, -0.2) is 147 Å². The van der Waals surface area contributed by atoms with Crippen molar-refractivity contribution in [2.45, 2.75) is 180 Å². The van der Waals surface area contributed by atoms with Crippen LogP contribution in [0.25, 0.3) is 0 Å². The number of benzene rings is 4. The number of hydrogen-bond donors (Lipinski definition) is 8. The first-order valence-electron chi connectivity index (χ1n) is 29.0. The van der Waals surface area contributed by atoms with Crippen LogP contribution in [0.5, 0.6) is 11.5 Å². The lowest BCUT2D eigenvalue weighted by Gasteiger charge is -2.30. The number of rotatable bonds is 20. The number of carbonyl (C=O) groups excluding carboxylic acids is 6. The van der Waals surface area contributed by atoms with Crippen LogP contribution in [0.15, 0.2) is 91.0 Å². The Hall–Kier alpha value is -7.27. The molecule has 87 heavy (non-hydrogen) atoms. The molecule has 0 fully saturated rings. The van der Waals surface area contributed by atoms with Gasteiger partial charge in [-0.05, 0) is 89.8 Å². The van der Waals surface area contributed by atoms with Crippen LogP contribution in [0.1, 0.15) is 152 Å². The molecule has 0 saturated heterocycles. The van der Waals surface area contributed by atoms with Crippen molar-refractivity contribution >= 4 is 35.4 Å². The van der Waals surface area contributed by atoms with E-state index in [1.165, 1.54) is 56.8 Å². The van der Waals surface area contributed by atoms with Gasteiger partial charge in [-0.2, -0.15) is 13.2 Å². The van der Waals surface area contributed by atoms with Crippen LogP contribution in [0.3, 0.4) is 0 Å². The van der Waals surface area contributed by atoms with Gasteiger partial charge in [0.15, 0.2) is 12.2 Å². The third-order valence-electron chi connectivity index (χ3n) is 11.2. The van der Waals surface area contributed by atoms with E-state index in [4.69, 9.17) is 0 Å². The lowest BCUT2D eigenvalue weighted by atomic mass is 10.0. The molecule has 0 saturated carbocycles. The fourth-order valence-corrected chi connectivity index (χ4v) is 6.72. The van der Waals surface area contributed by atoms with Crippen molar-refractivity contribution in [2.75, 3.05) is 39.3 Å². The molecule has 0 bridgehead atoms. The van der Waals surface area contributed by atoms with Crippen molar-refractivity contribution in [3.8, 4) is 11.5 Å². The predicted octanol–water partition coefficient (Wildman–Crippen LogP) is 11.6. The Kier molecular flexibility index (Phi) is 44.6. The first-order valence-corrected chi connectivity index (χ1v) is 29.0. The molecule has 0 spiro atoms. The zero-order valence-corrected chi connectivity index (χ0v) is 54.3. The number of nitrogens with zero attached hydrogens (tertiary/aromatic N) is 2. The molecule has 494 valence electrons. The summed E-state index contributed by atoms with van der Waals surface area (Å²) in [4.78, 5) is 75.2. The minimum Gasteiger partial charge on any atom is -0.508 e. The number of carbonyl (C=O) groups is 6. The zero-order chi connectivity index (χ0) is 68.6. The summed E-state index contributed by atoms with van der Waals surface area (Å²) in [5.41, 5.74) is 3.24. The molecule has 4 rings (SSSR count). The summed E-state index contributed by atoms with van der Waals surface area (Å²) in [6.07, 6.45) is -9.26. The van der Waals surface area contributed by atoms with Gasteiger partial charge in [0.25, 0.3) is 35.5 Å². The Morgan fingerprint density at radius 1 is 0.517 bits per heavy atom. The van der Waals surface area contributed by atoms with Crippen LogP contribution in [0.4, 0.5) is 30.7 Å². The van der Waals surface area contributed by atoms with Crippen molar-refractivity contribution in [3.05, 3.63) is 130 Å². The second-order valence-corrected chi connectivity index (χ2v) is 19.4. The number of aromatic hydroxyl groups is 2. The number of nitrogens with one attached hydrogen (secondary N) is 4. The Labute approximate surface area is 511 Å². The van der Waals surface area contributed by atoms with E-state index in [1.54, 1.807) is 26.8 Å². The number of amides is 6. The Balaban J connectivity index is -0.000000594. The number of hydrogen-bond acceptors (Lipinski definition) is 10. The molecule has 8 N–H and O–H groups in total. The first kappa shape index (κ1) is 86.2. The summed E-state index contributed by atoms with van der Waals surface area (Å²) in [5.74, 6) is -12.8. The molecular weight excluding hydrogens is 1150 g/mol. The van der Waals surface area contributed by atoms with Gasteiger partial charge in [0.2, 0.25) is 11.8 Å². The largest absolute Gasteiger partial charge is 0.508 e. The van der Waals surface area contributed by atoms with Crippen LogP contribution in [0.2, 0.25) is 0 Å². The van der Waals surface area contributed by atoms with Gasteiger partial charge in [-0.15, -0.1) is 0 Å². The van der Waals surface area contributed by atoms with E-state index in [0.717, 1.165) is 0 Å². The lowest BCUT2D eigenvalue weighted by Crippen LogP contribution is -2.54. The molecule has 16 nitrogen and oxygen atoms in total. The summed E-state index contributed by atoms with van der Waals surface area (Å²) in [6, 6.07) is 25.7. The maximum Gasteiger partial charge on any atom is 0.405 e. The van der Waals surface area contributed by atoms with Gasteiger partial charge in [0, 0.05) is 42.1 Å². The quantitative estimate of drug-likeness (QED) is 0.0390. The average molecular weight is 1250 g/mol. The van der Waals surface area contributed by atoms with Crippen LogP contribution in [-0.2, 0) is 19.2 Å². The SMILES string of the molecule is CC.CC.CC.CC.CCC(F)(F)CN(CC(=O)NCC(C)C)C(=O)C(O)C(C)NC(=O)c1cc(C)cc(O)c1C.Cc1cc(O)c(C)c(C(=O)NC(C)C(O)C(=O)N(CC(=O)NCC(F)(F)F)CC(C)(F)F)c1.Cc1ccccc1.c1ccccc1. The summed E-state index contributed by atoms with van der Waals surface area (Å²) in [7, 11) is 0. The van der Waals surface area contributed by atoms with Crippen molar-refractivity contribution in [1.29, 1.82) is 0 Å². The van der Waals surface area contributed by atoms with Crippen molar-refractivity contribution in [2.24, 2.45) is 5.92 Å². The number of aliphatic hydroxyl groups excluding tert-OH is 2. The third-order valence-corrected chi connectivity index (χ3v) is 11.2. The van der Waals surface area contributed by atoms with Crippen LogP contribution < -0.4 is 21.3 Å². The molecule has 0 aromatic heterocycles. The molecule has 0 heterocycles. The molecule has 4 unspecified atom stereocenters. The van der Waals surface area contributed by atoms with Crippen molar-refractivity contribution in [3.63, 3.8) is 0 Å². The van der Waals surface area contributed by atoms with Gasteiger partial charge in [0.05, 0.1) is 38.3 Å². The van der Waals surface area contributed by atoms with Gasteiger partial charge in [-0.25, -0.2) is 17.6 Å². The van der Waals surface area contributed by atoms with E-state index in [1.807, 2.05) is 124 Å². The smallest absolute Gasteiger partial charge is 0.405 e. The maximum atomic E-state index is 14.0. The molecule has 0 aliphatic heterocycles. The first-order chi connectivity index (χ1) is 40.5. The van der Waals surface area contributed by atoms with Gasteiger partial charge >= 0.3 is 6.18 Å². The van der Waals surface area contributed by atoms with Crippen LogP contribution >= 0.6 is 0 Å². The molecule has 0 aliphatic rings. The van der Waals surface area contributed by atoms with Crippen molar-refractivity contribution < 1.29 is 79.9 Å². The molecule has 4 atom stereocenters. The van der Waals surface area contributed by atoms with Gasteiger partial charge in [0.1, 0.15) is 18.0 Å². The number of phenolic OH excluding ortho intramolecular Hbond substituents is 2. The molecule has 4 aromatic rings. The standard InChI is InChI=1S/C23H35F2N3O5.C20H26F5N3O5.C7H8.C6H6.4C2H6/c1-7-23(24,25)12-28(11-19(30)26-10-13(2)3)22(33)20(31)16(6)27-21(32)17-8-14(4)9-18(29)15(17)5;1-10-5-13(11(2)14(29)6-10)17(32)27-12(3)16(31)18(33)28(9-19(4,21)22)7-15(30)26-8-20(23,24)25;1-7-5-3-2-4-6-7;1-2-4-6-5-3-1;4*1-2/h8-9,13,16,20,29,31H,7,10-12H2,1-6H3,(H,26,30)(H,27,32);5-6,12,16,29,31H,7-9H2,1-4H3,(H,26,30)(H,27,32);2-6H,1H3;1-6H;4*1-2H3. The number of phenols is 2. The topological polar surface area (TPSA) is 238 Å². The van der Waals surface area contributed by atoms with Gasteiger partial charge in [-0.1, -0.05) is 148 Å². The Morgan fingerprint density at radius 3 is 1.15 bits per heavy atom. The highest BCUT2D eigenvalue weighted by molar-refractivity contribution is 5.98. The minimum absolute atomic E-state index is 0.0440. The minimum atomic E-state index is -4.75. The molecule has 0 aliphatic carbocycles. The van der Waals surface area contributed by atoms with Crippen molar-refractivity contribution in [1.82, 2.24) is 31.1 Å². The highest BCUT2D eigenvalue weighted by atomic mass is 19.4. The summed E-state index contributed by atoms with van der Waals surface area (Å²) in [6.45, 7) is 26.7. The number of halogens is 7. The van der Waals surface area contributed by atoms with E-state index in [0.29, 0.717) is 35.1 Å². The highest BCUT2D eigenvalue weighted by Gasteiger charge is 2.38. The summed E-state index contributed by atoms with van der Waals surface area (Å²) < 4.78 is 91.8. The average Bonchev–Trinajstić information content (AvgIpc) is 2.90. The fraction of sp³-hybridized carbons (Fsp3) is 0.531. The van der Waals surface area contributed by atoms with E-state index < -0.39 is 117 Å². The fourth-order valence-electron chi connectivity index (χ4n) is 6.72. The summed E-state index contributed by atoms with van der Waals surface area (Å²) >= 11 is 0. The maximum absolute atomic E-state index is 14.0. The monoisotopic (exact) mass is 1240 g/mol. The lowest BCUT2D eigenvalue weighted by molar-refractivity contribution is -0.150. The van der Waals surface area contributed by atoms with E-state index >= 15 is 0 Å². The van der Waals surface area contributed by atoms with E-state index in [-0.39, 0.29) is 39.0 Å².